The number of carbonyl (C=O) groups excluding carboxylic acids is 2. The maximum Gasteiger partial charge on any atom is 0.409 e. The molecule has 0 bridgehead atoms. The van der Waals surface area contributed by atoms with Gasteiger partial charge in [-0.1, -0.05) is 24.3 Å². The quantitative estimate of drug-likeness (QED) is 0.670. The third kappa shape index (κ3) is 4.38. The normalized spacial score (nSPS) is 20.2. The Morgan fingerprint density at radius 1 is 1.06 bits per heavy atom. The van der Waals surface area contributed by atoms with Crippen LogP contribution in [0, 0.1) is 0 Å². The number of para-hydroxylation sites is 1. The van der Waals surface area contributed by atoms with Crippen LogP contribution in [0.4, 0.5) is 16.2 Å². The zero-order valence-electron chi connectivity index (χ0n) is 20.8. The van der Waals surface area contributed by atoms with E-state index in [0.717, 1.165) is 80.9 Å². The van der Waals surface area contributed by atoms with E-state index in [0.29, 0.717) is 12.6 Å². The summed E-state index contributed by atoms with van der Waals surface area (Å²) in [6, 6.07) is 14.9. The van der Waals surface area contributed by atoms with Crippen LogP contribution in [-0.4, -0.2) is 67.2 Å². The van der Waals surface area contributed by atoms with E-state index in [1.807, 2.05) is 34.9 Å². The van der Waals surface area contributed by atoms with Gasteiger partial charge in [-0.2, -0.15) is 0 Å². The largest absolute Gasteiger partial charge is 0.450 e. The lowest BCUT2D eigenvalue weighted by molar-refractivity contribution is -0.116. The van der Waals surface area contributed by atoms with Crippen molar-refractivity contribution in [3.63, 3.8) is 0 Å². The molecule has 5 rings (SSSR count). The zero-order chi connectivity index (χ0) is 24.6. The van der Waals surface area contributed by atoms with Crippen molar-refractivity contribution in [3.05, 3.63) is 48.0 Å². The Labute approximate surface area is 207 Å². The fourth-order valence-corrected chi connectivity index (χ4v) is 6.25. The first-order valence-corrected chi connectivity index (χ1v) is 12.8. The molecule has 0 aliphatic carbocycles. The molecule has 2 amide bonds. The minimum absolute atomic E-state index is 0.0251. The lowest BCUT2D eigenvalue weighted by Gasteiger charge is -2.45. The van der Waals surface area contributed by atoms with E-state index in [1.165, 1.54) is 5.56 Å². The van der Waals surface area contributed by atoms with Gasteiger partial charge in [-0.25, -0.2) is 4.79 Å². The molecular weight excluding hydrogens is 440 g/mol. The van der Waals surface area contributed by atoms with E-state index >= 15 is 0 Å². The smallest absolute Gasteiger partial charge is 0.409 e. The fraction of sp³-hybridized carbons (Fsp3) is 0.500. The summed E-state index contributed by atoms with van der Waals surface area (Å²) in [5.41, 5.74) is 11.5. The monoisotopic (exact) mass is 476 g/mol. The number of nitrogen functional groups attached to an aromatic ring is 1. The Hall–Kier alpha value is -3.06. The minimum atomic E-state index is -0.190. The van der Waals surface area contributed by atoms with E-state index in [4.69, 9.17) is 10.5 Å². The number of benzene rings is 2. The summed E-state index contributed by atoms with van der Waals surface area (Å²) in [5.74, 6) is 0.101. The maximum atomic E-state index is 12.5. The standard InChI is InChI=1S/C28H36N4O3/c1-3-35-27(34)31-14-10-22(11-15-31)30-16-12-28(13-17-30)19-32(20(2)33)26-9-8-21(18-24(26)28)23-6-4-5-7-25(23)29/h4-9,18,22H,3,10-17,19,29H2,1-2H3. The maximum absolute atomic E-state index is 12.5. The molecule has 186 valence electrons. The topological polar surface area (TPSA) is 79.1 Å². The van der Waals surface area contributed by atoms with Crippen molar-refractivity contribution in [2.75, 3.05) is 50.0 Å². The van der Waals surface area contributed by atoms with Gasteiger partial charge >= 0.3 is 6.09 Å². The number of anilines is 2. The molecule has 3 aliphatic rings. The number of ether oxygens (including phenoxy) is 1. The van der Waals surface area contributed by atoms with Gasteiger partial charge in [0.1, 0.15) is 0 Å². The summed E-state index contributed by atoms with van der Waals surface area (Å²) in [7, 11) is 0. The number of hydrogen-bond donors (Lipinski definition) is 1. The number of nitrogens with zero attached hydrogens (tertiary/aromatic N) is 3. The first kappa shape index (κ1) is 23.7. The lowest BCUT2D eigenvalue weighted by Crippen LogP contribution is -2.52. The first-order chi connectivity index (χ1) is 16.9. The van der Waals surface area contributed by atoms with Crippen molar-refractivity contribution in [3.8, 4) is 11.1 Å². The summed E-state index contributed by atoms with van der Waals surface area (Å²) in [6.07, 6.45) is 3.83. The molecular formula is C28H36N4O3. The van der Waals surface area contributed by atoms with Crippen LogP contribution in [-0.2, 0) is 14.9 Å². The number of amides is 2. The average Bonchev–Trinajstić information content (AvgIpc) is 3.19. The number of carbonyl (C=O) groups is 2. The van der Waals surface area contributed by atoms with Gasteiger partial charge in [0.05, 0.1) is 6.61 Å². The highest BCUT2D eigenvalue weighted by atomic mass is 16.6. The van der Waals surface area contributed by atoms with Gasteiger partial charge in [-0.3, -0.25) is 4.79 Å². The molecule has 7 nitrogen and oxygen atoms in total. The molecule has 2 N–H and O–H groups in total. The van der Waals surface area contributed by atoms with E-state index in [-0.39, 0.29) is 17.4 Å². The highest BCUT2D eigenvalue weighted by Crippen LogP contribution is 2.49. The summed E-state index contributed by atoms with van der Waals surface area (Å²) in [4.78, 5) is 31.0. The Morgan fingerprint density at radius 3 is 2.43 bits per heavy atom. The molecule has 0 saturated carbocycles. The van der Waals surface area contributed by atoms with Crippen LogP contribution in [0.2, 0.25) is 0 Å². The summed E-state index contributed by atoms with van der Waals surface area (Å²) < 4.78 is 5.17. The van der Waals surface area contributed by atoms with Crippen LogP contribution in [0.25, 0.3) is 11.1 Å². The van der Waals surface area contributed by atoms with Gasteiger partial charge in [0, 0.05) is 55.0 Å². The van der Waals surface area contributed by atoms with Crippen molar-refractivity contribution >= 4 is 23.4 Å². The molecule has 2 aromatic carbocycles. The second-order valence-electron chi connectivity index (χ2n) is 10.2. The molecule has 0 atom stereocenters. The third-order valence-electron chi connectivity index (χ3n) is 8.23. The predicted molar refractivity (Wildman–Crippen MR) is 138 cm³/mol. The van der Waals surface area contributed by atoms with Gasteiger partial charge in [0.25, 0.3) is 0 Å². The summed E-state index contributed by atoms with van der Waals surface area (Å²) in [5, 5.41) is 0. The summed E-state index contributed by atoms with van der Waals surface area (Å²) in [6.45, 7) is 8.21. The highest BCUT2D eigenvalue weighted by Gasteiger charge is 2.46. The number of fused-ring (bicyclic) bond motifs is 2. The van der Waals surface area contributed by atoms with E-state index in [9.17, 15) is 9.59 Å². The second kappa shape index (κ2) is 9.53. The van der Waals surface area contributed by atoms with Crippen LogP contribution in [0.1, 0.15) is 45.1 Å². The predicted octanol–water partition coefficient (Wildman–Crippen LogP) is 4.26. The molecule has 3 heterocycles. The van der Waals surface area contributed by atoms with Crippen molar-refractivity contribution < 1.29 is 14.3 Å². The molecule has 2 saturated heterocycles. The number of hydrogen-bond acceptors (Lipinski definition) is 5. The van der Waals surface area contributed by atoms with Crippen molar-refractivity contribution in [1.82, 2.24) is 9.80 Å². The van der Waals surface area contributed by atoms with Gasteiger partial charge in [-0.15, -0.1) is 0 Å². The van der Waals surface area contributed by atoms with Gasteiger partial charge in [0.2, 0.25) is 5.91 Å². The Morgan fingerprint density at radius 2 is 1.77 bits per heavy atom. The molecule has 1 spiro atoms. The van der Waals surface area contributed by atoms with Gasteiger partial charge in [-0.05, 0) is 75.0 Å². The second-order valence-corrected chi connectivity index (χ2v) is 10.2. The number of piperidine rings is 2. The van der Waals surface area contributed by atoms with Crippen LogP contribution in [0.15, 0.2) is 42.5 Å². The molecule has 0 radical (unpaired) electrons. The Kier molecular flexibility index (Phi) is 6.45. The average molecular weight is 477 g/mol. The van der Waals surface area contributed by atoms with Crippen molar-refractivity contribution in [2.24, 2.45) is 0 Å². The van der Waals surface area contributed by atoms with Crippen LogP contribution < -0.4 is 10.6 Å². The first-order valence-electron chi connectivity index (χ1n) is 12.8. The van der Waals surface area contributed by atoms with E-state index < -0.39 is 0 Å². The molecule has 0 aromatic heterocycles. The Bertz CT molecular complexity index is 1100. The van der Waals surface area contributed by atoms with Crippen LogP contribution in [0.3, 0.4) is 0 Å². The molecule has 0 unspecified atom stereocenters. The highest BCUT2D eigenvalue weighted by molar-refractivity contribution is 5.95. The van der Waals surface area contributed by atoms with Crippen molar-refractivity contribution in [1.29, 1.82) is 0 Å². The van der Waals surface area contributed by atoms with Gasteiger partial charge in [0.15, 0.2) is 0 Å². The molecule has 35 heavy (non-hydrogen) atoms. The molecule has 2 fully saturated rings. The van der Waals surface area contributed by atoms with Crippen LogP contribution >= 0.6 is 0 Å². The van der Waals surface area contributed by atoms with E-state index in [2.05, 4.69) is 29.2 Å². The van der Waals surface area contributed by atoms with Crippen LogP contribution in [0.5, 0.6) is 0 Å². The SMILES string of the molecule is CCOC(=O)N1CCC(N2CCC3(CC2)CN(C(C)=O)c2ccc(-c4ccccc4N)cc23)CC1. The van der Waals surface area contributed by atoms with Crippen molar-refractivity contribution in [2.45, 2.75) is 51.0 Å². The third-order valence-corrected chi connectivity index (χ3v) is 8.23. The minimum Gasteiger partial charge on any atom is -0.450 e. The zero-order valence-corrected chi connectivity index (χ0v) is 20.8. The number of likely N-dealkylation sites (tertiary alicyclic amines) is 2. The number of nitrogens with two attached hydrogens (primary N) is 1. The number of rotatable bonds is 3. The molecule has 2 aromatic rings. The fourth-order valence-electron chi connectivity index (χ4n) is 6.25. The van der Waals surface area contributed by atoms with Gasteiger partial charge < -0.3 is 25.2 Å². The molecule has 7 heteroatoms. The summed E-state index contributed by atoms with van der Waals surface area (Å²) >= 11 is 0. The lowest BCUT2D eigenvalue weighted by atomic mass is 9.73. The Balaban J connectivity index is 1.33. The van der Waals surface area contributed by atoms with E-state index in [1.54, 1.807) is 6.92 Å². The molecule has 3 aliphatic heterocycles.